The third-order valence-corrected chi connectivity index (χ3v) is 7.54. The Bertz CT molecular complexity index is 1400. The van der Waals surface area contributed by atoms with Gasteiger partial charge in [0.25, 0.3) is 5.91 Å². The van der Waals surface area contributed by atoms with Crippen molar-refractivity contribution in [3.63, 3.8) is 0 Å². The van der Waals surface area contributed by atoms with E-state index in [-0.39, 0.29) is 17.0 Å². The molecule has 1 aromatic carbocycles. The molecule has 0 spiro atoms. The maximum atomic E-state index is 13.7. The van der Waals surface area contributed by atoms with Crippen LogP contribution in [0, 0.1) is 11.8 Å². The Hall–Kier alpha value is -3.01. The van der Waals surface area contributed by atoms with E-state index in [1.54, 1.807) is 0 Å². The number of ketones is 2. The van der Waals surface area contributed by atoms with Crippen LogP contribution in [0.5, 0.6) is 5.75 Å². The van der Waals surface area contributed by atoms with Gasteiger partial charge in [0.2, 0.25) is 5.78 Å². The average Bonchev–Trinajstić information content (AvgIpc) is 2.74. The molecular weight excluding hydrogens is 524 g/mol. The van der Waals surface area contributed by atoms with Gasteiger partial charge in [-0.1, -0.05) is 11.6 Å². The zero-order valence-electron chi connectivity index (χ0n) is 18.7. The smallest absolute Gasteiger partial charge is 0.446 e. The number of benzene rings is 1. The fraction of sp³-hybridized carbons (Fsp3) is 0.381. The van der Waals surface area contributed by atoms with Crippen molar-refractivity contribution in [3.8, 4) is 5.75 Å². The third kappa shape index (κ3) is 3.52. The van der Waals surface area contributed by atoms with Crippen molar-refractivity contribution in [1.82, 2.24) is 4.90 Å². The number of Topliss-reactive ketones (excluding diaryl/α,β-unsaturated/α-hetero) is 2. The predicted octanol–water partition coefficient (Wildman–Crippen LogP) is -0.416. The Morgan fingerprint density at radius 3 is 2.39 bits per heavy atom. The number of aliphatic hydroxyl groups excluding tert-OH is 3. The summed E-state index contributed by atoms with van der Waals surface area (Å²) < 4.78 is 36.3. The van der Waals surface area contributed by atoms with Crippen LogP contribution >= 0.6 is 11.6 Å². The normalized spacial score (nSPS) is 30.2. The highest BCUT2D eigenvalue weighted by molar-refractivity contribution is 7.81. The molecule has 0 aromatic heterocycles. The standard InChI is InChI=1S/C21H21ClN2O11S/c1-24(2)14-7-5-6-10(18(28)21(7,31)19(29)13(17(14)27)20(23)30)16(26)12-9(35-36(32,33)34)4-3-8(22)11(12)15(6)25/h3-4,6-7,14-15,25-26,29,31H,5H2,1-2H3,(H2,23,30)(H,32,33,34)/t6-,7-,14-,15-,21-/m0/s1. The minimum Gasteiger partial charge on any atom is -0.508 e. The lowest BCUT2D eigenvalue weighted by atomic mass is 9.57. The number of likely N-dealkylation sites (N-methyl/N-ethyl adjacent to an activating group) is 1. The third-order valence-electron chi connectivity index (χ3n) is 6.82. The Balaban J connectivity index is 2.03. The van der Waals surface area contributed by atoms with E-state index in [1.165, 1.54) is 19.0 Å². The topological polar surface area (TPSA) is 225 Å². The predicted molar refractivity (Wildman–Crippen MR) is 121 cm³/mol. The van der Waals surface area contributed by atoms with Crippen molar-refractivity contribution in [2.45, 2.75) is 24.2 Å². The van der Waals surface area contributed by atoms with Crippen molar-refractivity contribution < 1.29 is 52.0 Å². The number of nitrogens with zero attached hydrogens (tertiary/aromatic N) is 1. The number of hydrogen-bond acceptors (Lipinski definition) is 11. The van der Waals surface area contributed by atoms with Crippen LogP contribution in [-0.2, 0) is 24.8 Å². The number of rotatable bonds is 4. The molecule has 0 radical (unpaired) electrons. The summed E-state index contributed by atoms with van der Waals surface area (Å²) in [4.78, 5) is 40.0. The minimum absolute atomic E-state index is 0.151. The molecule has 36 heavy (non-hydrogen) atoms. The lowest BCUT2D eigenvalue weighted by Gasteiger charge is -2.51. The van der Waals surface area contributed by atoms with Crippen LogP contribution in [0.15, 0.2) is 29.0 Å². The van der Waals surface area contributed by atoms with E-state index < -0.39 is 91.4 Å². The molecule has 7 N–H and O–H groups in total. The molecule has 15 heteroatoms. The summed E-state index contributed by atoms with van der Waals surface area (Å²) in [6, 6.07) is 0.747. The van der Waals surface area contributed by atoms with Gasteiger partial charge in [-0.2, -0.15) is 8.42 Å². The summed E-state index contributed by atoms with van der Waals surface area (Å²) in [5.74, 6) is -9.33. The van der Waals surface area contributed by atoms with E-state index in [0.29, 0.717) is 0 Å². The summed E-state index contributed by atoms with van der Waals surface area (Å²) in [5, 5.41) is 44.4. The molecule has 0 unspecified atom stereocenters. The summed E-state index contributed by atoms with van der Waals surface area (Å²) in [6.45, 7) is 0. The number of primary amides is 1. The first kappa shape index (κ1) is 26.1. The first-order valence-corrected chi connectivity index (χ1v) is 12.1. The van der Waals surface area contributed by atoms with Gasteiger partial charge in [-0.05, 0) is 32.6 Å². The van der Waals surface area contributed by atoms with Gasteiger partial charge in [0.05, 0.1) is 17.7 Å². The minimum atomic E-state index is -5.12. The van der Waals surface area contributed by atoms with Crippen LogP contribution in [0.1, 0.15) is 23.7 Å². The van der Waals surface area contributed by atoms with Gasteiger partial charge < -0.3 is 30.3 Å². The van der Waals surface area contributed by atoms with Gasteiger partial charge in [0.15, 0.2) is 17.1 Å². The number of halogens is 1. The molecular formula is C21H21ClN2O11S. The maximum Gasteiger partial charge on any atom is 0.446 e. The molecule has 0 saturated heterocycles. The van der Waals surface area contributed by atoms with Crippen LogP contribution in [-0.4, -0.2) is 81.5 Å². The van der Waals surface area contributed by atoms with E-state index in [2.05, 4.69) is 4.18 Å². The number of nitrogens with two attached hydrogens (primary N) is 1. The summed E-state index contributed by atoms with van der Waals surface area (Å²) in [6.07, 6.45) is -2.05. The van der Waals surface area contributed by atoms with Crippen LogP contribution in [0.3, 0.4) is 0 Å². The Morgan fingerprint density at radius 2 is 1.86 bits per heavy atom. The van der Waals surface area contributed by atoms with Crippen LogP contribution in [0.2, 0.25) is 5.02 Å². The molecule has 1 fully saturated rings. The molecule has 3 aliphatic carbocycles. The number of amides is 1. The summed E-state index contributed by atoms with van der Waals surface area (Å²) in [7, 11) is -2.26. The molecule has 1 saturated carbocycles. The second kappa shape index (κ2) is 8.26. The first-order chi connectivity index (χ1) is 16.5. The van der Waals surface area contributed by atoms with Gasteiger partial charge >= 0.3 is 10.4 Å². The maximum absolute atomic E-state index is 13.7. The quantitative estimate of drug-likeness (QED) is 0.210. The van der Waals surface area contributed by atoms with Crippen molar-refractivity contribution in [3.05, 3.63) is 45.2 Å². The molecule has 13 nitrogen and oxygen atoms in total. The van der Waals surface area contributed by atoms with Crippen molar-refractivity contribution in [2.24, 2.45) is 17.6 Å². The molecule has 0 bridgehead atoms. The summed E-state index contributed by atoms with van der Waals surface area (Å²) >= 11 is 6.20. The van der Waals surface area contributed by atoms with Gasteiger partial charge in [0, 0.05) is 28.0 Å². The SMILES string of the molecule is CN(C)[C@@H]1C(=O)C(C(N)=O)=C(O)[C@@]2(O)C(=O)C3=C(O)c4c(OS(=O)(=O)O)ccc(Cl)c4[C@@H](O)[C@H]3C[C@@H]12. The molecule has 194 valence electrons. The second-order valence-electron chi connectivity index (χ2n) is 8.96. The highest BCUT2D eigenvalue weighted by Gasteiger charge is 2.65. The van der Waals surface area contributed by atoms with E-state index in [1.807, 2.05) is 0 Å². The molecule has 5 atom stereocenters. The number of carbonyl (C=O) groups excluding carboxylic acids is 3. The van der Waals surface area contributed by atoms with Crippen molar-refractivity contribution in [1.29, 1.82) is 0 Å². The largest absolute Gasteiger partial charge is 0.508 e. The number of aliphatic hydroxyl groups is 4. The van der Waals surface area contributed by atoms with Crippen LogP contribution in [0.25, 0.3) is 5.76 Å². The van der Waals surface area contributed by atoms with E-state index in [9.17, 15) is 43.2 Å². The number of carbonyl (C=O) groups is 3. The molecule has 4 rings (SSSR count). The number of hydrogen-bond donors (Lipinski definition) is 6. The Kier molecular flexibility index (Phi) is 5.98. The zero-order chi connectivity index (χ0) is 27.1. The second-order valence-corrected chi connectivity index (χ2v) is 10.4. The average molecular weight is 545 g/mol. The number of fused-ring (bicyclic) bond motifs is 3. The molecule has 3 aliphatic rings. The monoisotopic (exact) mass is 544 g/mol. The fourth-order valence-electron chi connectivity index (χ4n) is 5.41. The van der Waals surface area contributed by atoms with E-state index in [0.717, 1.165) is 12.1 Å². The Labute approximate surface area is 209 Å². The summed E-state index contributed by atoms with van der Waals surface area (Å²) in [5.41, 5.74) is -0.0817. The zero-order valence-corrected chi connectivity index (χ0v) is 20.2. The van der Waals surface area contributed by atoms with Gasteiger partial charge in [0.1, 0.15) is 17.1 Å². The van der Waals surface area contributed by atoms with Crippen LogP contribution in [0.4, 0.5) is 0 Å². The molecule has 0 aliphatic heterocycles. The molecule has 0 heterocycles. The van der Waals surface area contributed by atoms with E-state index in [4.69, 9.17) is 21.9 Å². The highest BCUT2D eigenvalue weighted by Crippen LogP contribution is 2.56. The van der Waals surface area contributed by atoms with Gasteiger partial charge in [-0.15, -0.1) is 0 Å². The first-order valence-electron chi connectivity index (χ1n) is 10.4. The van der Waals surface area contributed by atoms with Crippen LogP contribution < -0.4 is 9.92 Å². The fourth-order valence-corrected chi connectivity index (χ4v) is 6.05. The lowest BCUT2D eigenvalue weighted by Crippen LogP contribution is -2.66. The Morgan fingerprint density at radius 1 is 1.25 bits per heavy atom. The van der Waals surface area contributed by atoms with Crippen molar-refractivity contribution in [2.75, 3.05) is 14.1 Å². The molecule has 1 amide bonds. The van der Waals surface area contributed by atoms with Gasteiger partial charge in [-0.25, -0.2) is 0 Å². The molecule has 1 aromatic rings. The van der Waals surface area contributed by atoms with Gasteiger partial charge in [-0.3, -0.25) is 23.8 Å². The van der Waals surface area contributed by atoms with E-state index >= 15 is 0 Å². The lowest BCUT2D eigenvalue weighted by molar-refractivity contribution is -0.155. The highest BCUT2D eigenvalue weighted by atomic mass is 35.5. The van der Waals surface area contributed by atoms with Crippen molar-refractivity contribution >= 4 is 45.2 Å².